The fraction of sp³-hybridized carbons (Fsp3) is 0.273. The van der Waals surface area contributed by atoms with Gasteiger partial charge < -0.3 is 20.3 Å². The molecule has 4 rings (SSSR count). The maximum Gasteiger partial charge on any atom is 0.308 e. The normalized spacial score (nSPS) is 17.6. The number of nitrogens with one attached hydrogen (secondary N) is 2. The number of carbonyl (C=O) groups is 2. The van der Waals surface area contributed by atoms with Gasteiger partial charge in [0.2, 0.25) is 0 Å². The molecule has 0 spiro atoms. The summed E-state index contributed by atoms with van der Waals surface area (Å²) in [7, 11) is 1.37. The number of amides is 1. The minimum Gasteiger partial charge on any atom is -0.469 e. The van der Waals surface area contributed by atoms with Crippen LogP contribution < -0.4 is 15.5 Å². The lowest BCUT2D eigenvalue weighted by Crippen LogP contribution is -2.37. The zero-order valence-electron chi connectivity index (χ0n) is 16.4. The number of hydrogen-bond acceptors (Lipinski definition) is 5. The molecule has 2 aromatic carbocycles. The highest BCUT2D eigenvalue weighted by Gasteiger charge is 2.27. The van der Waals surface area contributed by atoms with Gasteiger partial charge in [0.1, 0.15) is 11.6 Å². The predicted molar refractivity (Wildman–Crippen MR) is 110 cm³/mol. The summed E-state index contributed by atoms with van der Waals surface area (Å²) in [6.45, 7) is 1.13. The van der Waals surface area contributed by atoms with E-state index in [9.17, 15) is 18.4 Å². The zero-order valence-corrected chi connectivity index (χ0v) is 16.4. The molecular weight excluding hydrogens is 392 g/mol. The molecule has 156 valence electrons. The van der Waals surface area contributed by atoms with E-state index >= 15 is 0 Å². The lowest BCUT2D eigenvalue weighted by molar-refractivity contribution is -0.146. The van der Waals surface area contributed by atoms with Crippen LogP contribution in [0.1, 0.15) is 18.4 Å². The third-order valence-electron chi connectivity index (χ3n) is 5.47. The van der Waals surface area contributed by atoms with Gasteiger partial charge in [0.15, 0.2) is 0 Å². The van der Waals surface area contributed by atoms with Crippen LogP contribution >= 0.6 is 0 Å². The molecule has 2 N–H and O–H groups in total. The number of hydrogen-bond donors (Lipinski definition) is 2. The van der Waals surface area contributed by atoms with E-state index in [4.69, 9.17) is 4.74 Å². The van der Waals surface area contributed by atoms with Crippen LogP contribution in [0.5, 0.6) is 0 Å². The van der Waals surface area contributed by atoms with Crippen molar-refractivity contribution in [2.75, 3.05) is 35.7 Å². The number of anilines is 3. The Balaban J connectivity index is 1.46. The minimum absolute atomic E-state index is 0.146. The van der Waals surface area contributed by atoms with Crippen molar-refractivity contribution in [3.63, 3.8) is 0 Å². The summed E-state index contributed by atoms with van der Waals surface area (Å²) in [5.74, 6) is -1.57. The molecule has 2 aliphatic rings. The van der Waals surface area contributed by atoms with Crippen molar-refractivity contribution in [3.05, 3.63) is 59.8 Å². The molecule has 1 amide bonds. The van der Waals surface area contributed by atoms with Gasteiger partial charge >= 0.3 is 5.97 Å². The molecule has 0 bridgehead atoms. The molecule has 0 saturated carbocycles. The second-order valence-electron chi connectivity index (χ2n) is 7.30. The van der Waals surface area contributed by atoms with Crippen LogP contribution in [-0.2, 0) is 14.3 Å². The Morgan fingerprint density at radius 3 is 2.67 bits per heavy atom. The van der Waals surface area contributed by atoms with Crippen molar-refractivity contribution in [2.45, 2.75) is 12.8 Å². The number of esters is 1. The fourth-order valence-corrected chi connectivity index (χ4v) is 3.83. The standard InChI is InChI=1S/C22H21F2N3O3/c1-30-22(29)13-6-8-27(9-7-13)20-5-3-15(11-18(20)24)25-12-17-16-10-14(23)2-4-19(16)26-21(17)28/h2-5,10-13,25H,6-9H2,1H3,(H,26,28). The Kier molecular flexibility index (Phi) is 5.39. The van der Waals surface area contributed by atoms with Crippen LogP contribution in [0.3, 0.4) is 0 Å². The van der Waals surface area contributed by atoms with Crippen molar-refractivity contribution < 1.29 is 23.1 Å². The molecule has 0 aliphatic carbocycles. The largest absolute Gasteiger partial charge is 0.469 e. The first-order valence-electron chi connectivity index (χ1n) is 9.66. The van der Waals surface area contributed by atoms with Gasteiger partial charge in [0, 0.05) is 36.2 Å². The molecule has 6 nitrogen and oxygen atoms in total. The number of ether oxygens (including phenoxy) is 1. The number of halogens is 2. The second kappa shape index (κ2) is 8.14. The summed E-state index contributed by atoms with van der Waals surface area (Å²) >= 11 is 0. The van der Waals surface area contributed by atoms with E-state index in [0.29, 0.717) is 48.6 Å². The zero-order chi connectivity index (χ0) is 21.3. The average Bonchev–Trinajstić information content (AvgIpc) is 3.06. The first-order chi connectivity index (χ1) is 14.5. The number of piperidine rings is 1. The van der Waals surface area contributed by atoms with Crippen LogP contribution in [0.15, 0.2) is 42.6 Å². The minimum atomic E-state index is -0.442. The SMILES string of the molecule is COC(=O)C1CCN(c2ccc(NC=C3C(=O)Nc4ccc(F)cc43)cc2F)CC1. The number of methoxy groups -OCH3 is 1. The number of fused-ring (bicyclic) bond motifs is 1. The van der Waals surface area contributed by atoms with Crippen molar-refractivity contribution in [3.8, 4) is 0 Å². The van der Waals surface area contributed by atoms with E-state index < -0.39 is 11.6 Å². The third-order valence-corrected chi connectivity index (χ3v) is 5.47. The molecule has 0 radical (unpaired) electrons. The summed E-state index contributed by atoms with van der Waals surface area (Å²) in [5.41, 5.74) is 2.19. The summed E-state index contributed by atoms with van der Waals surface area (Å²) in [4.78, 5) is 25.7. The summed E-state index contributed by atoms with van der Waals surface area (Å²) < 4.78 is 33.0. The first-order valence-corrected chi connectivity index (χ1v) is 9.66. The number of nitrogens with zero attached hydrogens (tertiary/aromatic N) is 1. The number of rotatable bonds is 4. The Morgan fingerprint density at radius 2 is 1.97 bits per heavy atom. The monoisotopic (exact) mass is 413 g/mol. The number of benzene rings is 2. The Hall–Kier alpha value is -3.42. The topological polar surface area (TPSA) is 70.7 Å². The second-order valence-corrected chi connectivity index (χ2v) is 7.30. The summed E-state index contributed by atoms with van der Waals surface area (Å²) in [6, 6.07) is 8.78. The summed E-state index contributed by atoms with van der Waals surface area (Å²) in [6.07, 6.45) is 2.67. The Morgan fingerprint density at radius 1 is 1.20 bits per heavy atom. The first kappa shape index (κ1) is 19.9. The van der Waals surface area contributed by atoms with Crippen LogP contribution in [0, 0.1) is 17.6 Å². The van der Waals surface area contributed by atoms with Gasteiger partial charge in [-0.15, -0.1) is 0 Å². The lowest BCUT2D eigenvalue weighted by atomic mass is 9.96. The van der Waals surface area contributed by atoms with Gasteiger partial charge in [0.25, 0.3) is 5.91 Å². The van der Waals surface area contributed by atoms with Gasteiger partial charge in [-0.25, -0.2) is 8.78 Å². The Bertz CT molecular complexity index is 1030. The summed E-state index contributed by atoms with van der Waals surface area (Å²) in [5, 5.41) is 5.58. The highest BCUT2D eigenvalue weighted by atomic mass is 19.1. The van der Waals surface area contributed by atoms with Crippen molar-refractivity contribution in [1.29, 1.82) is 0 Å². The molecular formula is C22H21F2N3O3. The van der Waals surface area contributed by atoms with Crippen LogP contribution in [0.2, 0.25) is 0 Å². The Labute approximate surface area is 172 Å². The van der Waals surface area contributed by atoms with Crippen molar-refractivity contribution >= 4 is 34.5 Å². The molecule has 2 aliphatic heterocycles. The van der Waals surface area contributed by atoms with Crippen molar-refractivity contribution in [1.82, 2.24) is 0 Å². The van der Waals surface area contributed by atoms with Crippen LogP contribution in [0.4, 0.5) is 25.8 Å². The molecule has 0 aromatic heterocycles. The smallest absolute Gasteiger partial charge is 0.308 e. The predicted octanol–water partition coefficient (Wildman–Crippen LogP) is 3.76. The quantitative estimate of drug-likeness (QED) is 0.590. The molecule has 1 fully saturated rings. The van der Waals surface area contributed by atoms with Crippen molar-refractivity contribution in [2.24, 2.45) is 5.92 Å². The molecule has 8 heteroatoms. The molecule has 1 saturated heterocycles. The molecule has 0 unspecified atom stereocenters. The number of carbonyl (C=O) groups excluding carboxylic acids is 2. The lowest BCUT2D eigenvalue weighted by Gasteiger charge is -2.32. The van der Waals surface area contributed by atoms with Gasteiger partial charge in [-0.2, -0.15) is 0 Å². The van der Waals surface area contributed by atoms with Crippen LogP contribution in [0.25, 0.3) is 5.57 Å². The average molecular weight is 413 g/mol. The van der Waals surface area contributed by atoms with E-state index in [1.165, 1.54) is 37.6 Å². The van der Waals surface area contributed by atoms with E-state index in [1.807, 2.05) is 4.90 Å². The van der Waals surface area contributed by atoms with Gasteiger partial charge in [0.05, 0.1) is 24.3 Å². The van der Waals surface area contributed by atoms with E-state index in [0.717, 1.165) is 0 Å². The van der Waals surface area contributed by atoms with E-state index in [1.54, 1.807) is 12.1 Å². The highest BCUT2D eigenvalue weighted by molar-refractivity contribution is 6.31. The molecule has 30 heavy (non-hydrogen) atoms. The van der Waals surface area contributed by atoms with E-state index in [2.05, 4.69) is 10.6 Å². The fourth-order valence-electron chi connectivity index (χ4n) is 3.83. The van der Waals surface area contributed by atoms with Gasteiger partial charge in [-0.1, -0.05) is 0 Å². The van der Waals surface area contributed by atoms with Crippen LogP contribution in [-0.4, -0.2) is 32.1 Å². The van der Waals surface area contributed by atoms with Gasteiger partial charge in [-0.3, -0.25) is 9.59 Å². The third kappa shape index (κ3) is 3.85. The highest BCUT2D eigenvalue weighted by Crippen LogP contribution is 2.33. The molecule has 2 heterocycles. The van der Waals surface area contributed by atoms with E-state index in [-0.39, 0.29) is 23.4 Å². The molecule has 0 atom stereocenters. The maximum atomic E-state index is 14.7. The maximum absolute atomic E-state index is 14.7. The van der Waals surface area contributed by atoms with Gasteiger partial charge in [-0.05, 0) is 49.2 Å². The molecule has 2 aromatic rings.